The first-order valence-corrected chi connectivity index (χ1v) is 7.68. The van der Waals surface area contributed by atoms with Crippen molar-refractivity contribution < 1.29 is 24.2 Å². The van der Waals surface area contributed by atoms with E-state index < -0.39 is 22.8 Å². The van der Waals surface area contributed by atoms with Crippen LogP contribution in [0.15, 0.2) is 34.4 Å². The van der Waals surface area contributed by atoms with E-state index in [1.54, 1.807) is 19.3 Å². The number of rotatable bonds is 3. The average Bonchev–Trinajstić information content (AvgIpc) is 2.51. The molecule has 1 N–H and O–H groups in total. The van der Waals surface area contributed by atoms with Gasteiger partial charge in [0, 0.05) is 23.1 Å². The van der Waals surface area contributed by atoms with Gasteiger partial charge in [0.25, 0.3) is 0 Å². The molecular weight excluding hydrogens is 320 g/mol. The predicted molar refractivity (Wildman–Crippen MR) is 85.8 cm³/mol. The third-order valence-corrected chi connectivity index (χ3v) is 5.28. The first-order valence-electron chi connectivity index (χ1n) is 7.30. The Morgan fingerprint density at radius 3 is 2.57 bits per heavy atom. The van der Waals surface area contributed by atoms with E-state index in [4.69, 9.17) is 16.3 Å². The fourth-order valence-electron chi connectivity index (χ4n) is 3.20. The van der Waals surface area contributed by atoms with Gasteiger partial charge >= 0.3 is 5.97 Å². The fourth-order valence-corrected chi connectivity index (χ4v) is 3.58. The van der Waals surface area contributed by atoms with Gasteiger partial charge in [-0.2, -0.15) is 0 Å². The van der Waals surface area contributed by atoms with Crippen molar-refractivity contribution in [2.75, 3.05) is 14.2 Å². The maximum Gasteiger partial charge on any atom is 0.342 e. The zero-order valence-corrected chi connectivity index (χ0v) is 14.6. The molecule has 0 heterocycles. The van der Waals surface area contributed by atoms with Crippen LogP contribution in [0, 0.1) is 11.3 Å². The van der Waals surface area contributed by atoms with Crippen LogP contribution in [0.5, 0.6) is 0 Å². The second kappa shape index (κ2) is 5.89. The van der Waals surface area contributed by atoms with Crippen LogP contribution in [0.4, 0.5) is 0 Å². The number of allylic oxidation sites excluding steroid dienone is 4. The maximum absolute atomic E-state index is 12.4. The summed E-state index contributed by atoms with van der Waals surface area (Å²) in [5.74, 6) is -1.38. The summed E-state index contributed by atoms with van der Waals surface area (Å²) in [5, 5.41) is 10.9. The standard InChI is InChI=1S/C17H21ClO5/c1-9-14(22-4)7-12(18)10-6-13(19)11(8-16(9,10)2)17(3,21)15(20)23-5/h6-9,14,21H,1-5H3/t9-,14-,16+,17?/m0/s1. The highest BCUT2D eigenvalue weighted by Gasteiger charge is 2.49. The lowest BCUT2D eigenvalue weighted by molar-refractivity contribution is -0.157. The number of methoxy groups -OCH3 is 2. The molecule has 1 unspecified atom stereocenters. The van der Waals surface area contributed by atoms with E-state index in [-0.39, 0.29) is 17.6 Å². The van der Waals surface area contributed by atoms with Gasteiger partial charge in [-0.3, -0.25) is 4.79 Å². The lowest BCUT2D eigenvalue weighted by atomic mass is 9.62. The molecule has 0 radical (unpaired) electrons. The number of ether oxygens (including phenoxy) is 2. The Hall–Kier alpha value is -1.43. The predicted octanol–water partition coefficient (Wildman–Crippen LogP) is 2.14. The first kappa shape index (κ1) is 17.9. The topological polar surface area (TPSA) is 72.8 Å². The van der Waals surface area contributed by atoms with Gasteiger partial charge in [0.2, 0.25) is 0 Å². The highest BCUT2D eigenvalue weighted by Crippen LogP contribution is 2.51. The van der Waals surface area contributed by atoms with E-state index in [1.807, 2.05) is 13.8 Å². The van der Waals surface area contributed by atoms with Crippen LogP contribution >= 0.6 is 11.6 Å². The zero-order chi connectivity index (χ0) is 17.6. The molecule has 2 rings (SSSR count). The van der Waals surface area contributed by atoms with Crippen molar-refractivity contribution in [3.05, 3.63) is 34.4 Å². The molecule has 0 fully saturated rings. The molecule has 2 aliphatic rings. The second-order valence-electron chi connectivity index (χ2n) is 6.33. The number of hydrogen-bond donors (Lipinski definition) is 1. The summed E-state index contributed by atoms with van der Waals surface area (Å²) in [6, 6.07) is 0. The van der Waals surface area contributed by atoms with Gasteiger partial charge in [0.15, 0.2) is 11.4 Å². The lowest BCUT2D eigenvalue weighted by Gasteiger charge is -2.45. The van der Waals surface area contributed by atoms with E-state index >= 15 is 0 Å². The minimum Gasteiger partial charge on any atom is -0.467 e. The number of fused-ring (bicyclic) bond motifs is 1. The fraction of sp³-hybridized carbons (Fsp3) is 0.529. The minimum atomic E-state index is -2.02. The van der Waals surface area contributed by atoms with Crippen molar-refractivity contribution in [1.82, 2.24) is 0 Å². The van der Waals surface area contributed by atoms with Gasteiger partial charge in [0.05, 0.1) is 13.2 Å². The number of carbonyl (C=O) groups excluding carboxylic acids is 2. The molecule has 23 heavy (non-hydrogen) atoms. The molecule has 0 amide bonds. The van der Waals surface area contributed by atoms with Crippen molar-refractivity contribution in [2.24, 2.45) is 11.3 Å². The Morgan fingerprint density at radius 2 is 2.04 bits per heavy atom. The molecular formula is C17H21ClO5. The van der Waals surface area contributed by atoms with Gasteiger partial charge in [-0.15, -0.1) is 0 Å². The molecule has 6 heteroatoms. The lowest BCUT2D eigenvalue weighted by Crippen LogP contribution is -2.46. The summed E-state index contributed by atoms with van der Waals surface area (Å²) >= 11 is 6.31. The largest absolute Gasteiger partial charge is 0.467 e. The van der Waals surface area contributed by atoms with Crippen molar-refractivity contribution in [3.63, 3.8) is 0 Å². The number of hydrogen-bond acceptors (Lipinski definition) is 5. The highest BCUT2D eigenvalue weighted by atomic mass is 35.5. The van der Waals surface area contributed by atoms with Crippen molar-refractivity contribution in [3.8, 4) is 0 Å². The van der Waals surface area contributed by atoms with E-state index in [0.717, 1.165) is 7.11 Å². The zero-order valence-electron chi connectivity index (χ0n) is 13.8. The Balaban J connectivity index is 2.60. The van der Waals surface area contributed by atoms with Gasteiger partial charge in [-0.05, 0) is 30.6 Å². The Morgan fingerprint density at radius 1 is 1.43 bits per heavy atom. The van der Waals surface area contributed by atoms with Gasteiger partial charge < -0.3 is 14.6 Å². The van der Waals surface area contributed by atoms with Crippen LogP contribution in [-0.4, -0.2) is 42.8 Å². The molecule has 0 saturated carbocycles. The molecule has 2 aliphatic carbocycles. The summed E-state index contributed by atoms with van der Waals surface area (Å²) < 4.78 is 10.1. The normalized spacial score (nSPS) is 33.0. The van der Waals surface area contributed by atoms with E-state index in [2.05, 4.69) is 4.74 Å². The number of esters is 1. The van der Waals surface area contributed by atoms with Crippen molar-refractivity contribution in [1.29, 1.82) is 0 Å². The average molecular weight is 341 g/mol. The van der Waals surface area contributed by atoms with E-state index in [0.29, 0.717) is 10.6 Å². The summed E-state index contributed by atoms with van der Waals surface area (Å²) in [6.45, 7) is 5.13. The molecule has 0 bridgehead atoms. The highest BCUT2D eigenvalue weighted by molar-refractivity contribution is 6.33. The van der Waals surface area contributed by atoms with Gasteiger partial charge in [-0.1, -0.05) is 31.5 Å². The quantitative estimate of drug-likeness (QED) is 0.797. The van der Waals surface area contributed by atoms with E-state index in [1.165, 1.54) is 13.0 Å². The molecule has 4 atom stereocenters. The first-order chi connectivity index (χ1) is 10.6. The molecule has 0 aliphatic heterocycles. The molecule has 0 aromatic rings. The molecule has 5 nitrogen and oxygen atoms in total. The number of carbonyl (C=O) groups is 2. The monoisotopic (exact) mass is 340 g/mol. The maximum atomic E-state index is 12.4. The van der Waals surface area contributed by atoms with Crippen LogP contribution in [0.1, 0.15) is 20.8 Å². The summed E-state index contributed by atoms with van der Waals surface area (Å²) in [7, 11) is 2.75. The minimum absolute atomic E-state index is 0.0105. The number of aliphatic hydroxyl groups is 1. The van der Waals surface area contributed by atoms with E-state index in [9.17, 15) is 14.7 Å². The van der Waals surface area contributed by atoms with Gasteiger partial charge in [-0.25, -0.2) is 4.79 Å². The van der Waals surface area contributed by atoms with Crippen molar-refractivity contribution in [2.45, 2.75) is 32.5 Å². The molecule has 0 aromatic heterocycles. The second-order valence-corrected chi connectivity index (χ2v) is 6.74. The Kier molecular flexibility index (Phi) is 4.59. The summed E-state index contributed by atoms with van der Waals surface area (Å²) in [4.78, 5) is 24.3. The third kappa shape index (κ3) is 2.67. The molecule has 0 aromatic carbocycles. The number of ketones is 1. The van der Waals surface area contributed by atoms with Crippen molar-refractivity contribution >= 4 is 23.4 Å². The molecule has 0 saturated heterocycles. The summed E-state index contributed by atoms with van der Waals surface area (Å²) in [6.07, 6.45) is 4.53. The molecule has 0 spiro atoms. The Labute approximate surface area is 140 Å². The third-order valence-electron chi connectivity index (χ3n) is 4.95. The van der Waals surface area contributed by atoms with Crippen LogP contribution in [0.2, 0.25) is 0 Å². The van der Waals surface area contributed by atoms with Crippen LogP contribution < -0.4 is 0 Å². The SMILES string of the molecule is COC(=O)C(C)(O)C1=C[C@@]2(C)C(=CC1=O)C(Cl)=C[C@H](OC)[C@@H]2C. The van der Waals surface area contributed by atoms with Gasteiger partial charge in [0.1, 0.15) is 0 Å². The smallest absolute Gasteiger partial charge is 0.342 e. The summed E-state index contributed by atoms with van der Waals surface area (Å²) in [5.41, 5.74) is -2.02. The van der Waals surface area contributed by atoms with Crippen LogP contribution in [0.25, 0.3) is 0 Å². The Bertz CT molecular complexity index is 643. The number of halogens is 1. The van der Waals surface area contributed by atoms with Crippen LogP contribution in [-0.2, 0) is 19.1 Å². The molecule has 126 valence electrons. The van der Waals surface area contributed by atoms with Crippen LogP contribution in [0.3, 0.4) is 0 Å².